The van der Waals surface area contributed by atoms with E-state index in [0.29, 0.717) is 21.2 Å². The average molecular weight is 439 g/mol. The molecule has 0 fully saturated rings. The summed E-state index contributed by atoms with van der Waals surface area (Å²) in [5.41, 5.74) is 0.139. The van der Waals surface area contributed by atoms with Crippen LogP contribution in [0.4, 0.5) is 10.1 Å². The van der Waals surface area contributed by atoms with Crippen LogP contribution in [0.3, 0.4) is 0 Å². The largest absolute Gasteiger partial charge is 0.461 e. The number of carbonyl (C=O) groups excluding carboxylic acids is 1. The van der Waals surface area contributed by atoms with Gasteiger partial charge in [0.1, 0.15) is 5.82 Å². The van der Waals surface area contributed by atoms with Gasteiger partial charge in [0.25, 0.3) is 0 Å². The number of aromatic nitrogens is 3. The van der Waals surface area contributed by atoms with Gasteiger partial charge in [0.2, 0.25) is 11.7 Å². The lowest BCUT2D eigenvalue weighted by molar-refractivity contribution is -0.113. The molecule has 0 aliphatic rings. The molecule has 1 amide bonds. The van der Waals surface area contributed by atoms with Crippen LogP contribution in [0.15, 0.2) is 50.6 Å². The van der Waals surface area contributed by atoms with Gasteiger partial charge in [-0.25, -0.2) is 4.39 Å². The molecule has 0 bridgehead atoms. The summed E-state index contributed by atoms with van der Waals surface area (Å²) in [6.45, 7) is 3.99. The van der Waals surface area contributed by atoms with Crippen molar-refractivity contribution in [3.8, 4) is 11.6 Å². The highest BCUT2D eigenvalue weighted by Crippen LogP contribution is 2.28. The van der Waals surface area contributed by atoms with Crippen molar-refractivity contribution in [3.63, 3.8) is 0 Å². The van der Waals surface area contributed by atoms with Gasteiger partial charge in [-0.3, -0.25) is 9.36 Å². The van der Waals surface area contributed by atoms with Gasteiger partial charge in [-0.2, -0.15) is 0 Å². The number of hydrogen-bond donors (Lipinski definition) is 1. The molecule has 0 spiro atoms. The van der Waals surface area contributed by atoms with Crippen molar-refractivity contribution >= 4 is 39.3 Å². The topological polar surface area (TPSA) is 73.0 Å². The van der Waals surface area contributed by atoms with E-state index in [-0.39, 0.29) is 23.4 Å². The Balaban J connectivity index is 1.70. The van der Waals surface area contributed by atoms with Crippen LogP contribution in [0.25, 0.3) is 11.6 Å². The van der Waals surface area contributed by atoms with Crippen LogP contribution in [0.2, 0.25) is 0 Å². The first kappa shape index (κ1) is 18.7. The van der Waals surface area contributed by atoms with E-state index in [0.717, 1.165) is 0 Å². The van der Waals surface area contributed by atoms with E-state index >= 15 is 0 Å². The van der Waals surface area contributed by atoms with Crippen LogP contribution in [0.5, 0.6) is 0 Å². The number of nitrogens with zero attached hydrogens (tertiary/aromatic N) is 3. The molecule has 0 aliphatic carbocycles. The summed E-state index contributed by atoms with van der Waals surface area (Å²) in [5.74, 6) is 0.474. The van der Waals surface area contributed by atoms with Crippen molar-refractivity contribution in [3.05, 3.63) is 46.9 Å². The van der Waals surface area contributed by atoms with Gasteiger partial charge < -0.3 is 9.73 Å². The zero-order chi connectivity index (χ0) is 18.7. The molecular formula is C17H16BrFN4O2S. The van der Waals surface area contributed by atoms with Crippen molar-refractivity contribution in [1.82, 2.24) is 14.8 Å². The van der Waals surface area contributed by atoms with E-state index in [9.17, 15) is 9.18 Å². The summed E-state index contributed by atoms with van der Waals surface area (Å²) in [4.78, 5) is 12.2. The number of hydrogen-bond acceptors (Lipinski definition) is 5. The first-order chi connectivity index (χ1) is 12.5. The zero-order valence-corrected chi connectivity index (χ0v) is 16.5. The first-order valence-electron chi connectivity index (χ1n) is 7.82. The Bertz CT molecular complexity index is 912. The van der Waals surface area contributed by atoms with Crippen LogP contribution in [-0.4, -0.2) is 26.4 Å². The summed E-state index contributed by atoms with van der Waals surface area (Å²) < 4.78 is 21.7. The van der Waals surface area contributed by atoms with E-state index in [2.05, 4.69) is 31.4 Å². The molecule has 0 saturated carbocycles. The van der Waals surface area contributed by atoms with Crippen LogP contribution < -0.4 is 5.32 Å². The quantitative estimate of drug-likeness (QED) is 0.562. The number of nitrogens with one attached hydrogen (secondary N) is 1. The summed E-state index contributed by atoms with van der Waals surface area (Å²) in [5, 5.41) is 11.5. The van der Waals surface area contributed by atoms with Crippen molar-refractivity contribution in [1.29, 1.82) is 0 Å². The fourth-order valence-corrected chi connectivity index (χ4v) is 3.52. The van der Waals surface area contributed by atoms with Crippen LogP contribution in [0.1, 0.15) is 19.9 Å². The molecule has 136 valence electrons. The number of carbonyl (C=O) groups is 1. The van der Waals surface area contributed by atoms with E-state index in [1.54, 1.807) is 24.5 Å². The highest BCUT2D eigenvalue weighted by molar-refractivity contribution is 9.10. The molecule has 6 nitrogen and oxygen atoms in total. The van der Waals surface area contributed by atoms with E-state index in [1.807, 2.05) is 18.4 Å². The minimum Gasteiger partial charge on any atom is -0.461 e. The van der Waals surface area contributed by atoms with E-state index in [1.165, 1.54) is 23.9 Å². The van der Waals surface area contributed by atoms with Crippen molar-refractivity contribution in [2.75, 3.05) is 11.1 Å². The standard InChI is InChI=1S/C17H16BrFN4O2S/c1-10(2)23-16(14-4-3-7-25-14)21-22-17(23)26-9-15(24)20-13-6-5-11(18)8-12(13)19/h3-8,10H,9H2,1-2H3,(H,20,24). The number of thioether (sulfide) groups is 1. The second-order valence-electron chi connectivity index (χ2n) is 5.71. The molecular weight excluding hydrogens is 423 g/mol. The number of furan rings is 1. The molecule has 0 aliphatic heterocycles. The molecule has 1 aromatic carbocycles. The number of halogens is 2. The maximum atomic E-state index is 13.8. The number of benzene rings is 1. The Kier molecular flexibility index (Phi) is 5.77. The third-order valence-electron chi connectivity index (χ3n) is 3.46. The maximum absolute atomic E-state index is 13.8. The van der Waals surface area contributed by atoms with Gasteiger partial charge >= 0.3 is 0 Å². The summed E-state index contributed by atoms with van der Waals surface area (Å²) >= 11 is 4.42. The molecule has 26 heavy (non-hydrogen) atoms. The number of rotatable bonds is 6. The second kappa shape index (κ2) is 8.05. The molecule has 1 N–H and O–H groups in total. The smallest absolute Gasteiger partial charge is 0.234 e. The average Bonchev–Trinajstić information content (AvgIpc) is 3.24. The lowest BCUT2D eigenvalue weighted by Crippen LogP contribution is -2.16. The molecule has 0 saturated heterocycles. The minimum absolute atomic E-state index is 0.0819. The zero-order valence-electron chi connectivity index (χ0n) is 14.1. The highest BCUT2D eigenvalue weighted by atomic mass is 79.9. The molecule has 3 rings (SSSR count). The first-order valence-corrected chi connectivity index (χ1v) is 9.60. The van der Waals surface area contributed by atoms with Crippen LogP contribution >= 0.6 is 27.7 Å². The second-order valence-corrected chi connectivity index (χ2v) is 7.57. The molecule has 9 heteroatoms. The van der Waals surface area contributed by atoms with Gasteiger partial charge in [-0.15, -0.1) is 10.2 Å². The Hall–Kier alpha value is -2.13. The van der Waals surface area contributed by atoms with Gasteiger partial charge in [-0.1, -0.05) is 27.7 Å². The number of amides is 1. The Labute approximate surface area is 162 Å². The fourth-order valence-electron chi connectivity index (χ4n) is 2.32. The van der Waals surface area contributed by atoms with Gasteiger partial charge in [0.05, 0.1) is 17.7 Å². The van der Waals surface area contributed by atoms with Crippen molar-refractivity contribution in [2.24, 2.45) is 0 Å². The summed E-state index contributed by atoms with van der Waals surface area (Å²) in [6, 6.07) is 8.14. The van der Waals surface area contributed by atoms with Crippen LogP contribution in [-0.2, 0) is 4.79 Å². The van der Waals surface area contributed by atoms with Gasteiger partial charge in [0.15, 0.2) is 10.9 Å². The normalized spacial score (nSPS) is 11.1. The molecule has 0 unspecified atom stereocenters. The molecule has 3 aromatic rings. The Morgan fingerprint density at radius 1 is 1.38 bits per heavy atom. The maximum Gasteiger partial charge on any atom is 0.234 e. The Morgan fingerprint density at radius 3 is 2.85 bits per heavy atom. The third kappa shape index (κ3) is 4.16. The van der Waals surface area contributed by atoms with E-state index < -0.39 is 5.82 Å². The minimum atomic E-state index is -0.497. The fraction of sp³-hybridized carbons (Fsp3) is 0.235. The summed E-state index contributed by atoms with van der Waals surface area (Å²) in [7, 11) is 0. The Morgan fingerprint density at radius 2 is 2.19 bits per heavy atom. The lowest BCUT2D eigenvalue weighted by atomic mass is 10.3. The molecule has 2 aromatic heterocycles. The summed E-state index contributed by atoms with van der Waals surface area (Å²) in [6.07, 6.45) is 1.57. The van der Waals surface area contributed by atoms with Gasteiger partial charge in [-0.05, 0) is 44.2 Å². The SMILES string of the molecule is CC(C)n1c(SCC(=O)Nc2ccc(Br)cc2F)nnc1-c1ccco1. The lowest BCUT2D eigenvalue weighted by Gasteiger charge is -2.12. The highest BCUT2D eigenvalue weighted by Gasteiger charge is 2.19. The molecule has 0 atom stereocenters. The van der Waals surface area contributed by atoms with Crippen LogP contribution in [0, 0.1) is 5.82 Å². The van der Waals surface area contributed by atoms with Crippen molar-refractivity contribution in [2.45, 2.75) is 25.0 Å². The molecule has 2 heterocycles. The predicted molar refractivity (Wildman–Crippen MR) is 102 cm³/mol. The number of anilines is 1. The molecule has 0 radical (unpaired) electrons. The third-order valence-corrected chi connectivity index (χ3v) is 4.90. The van der Waals surface area contributed by atoms with Crippen molar-refractivity contribution < 1.29 is 13.6 Å². The van der Waals surface area contributed by atoms with Gasteiger partial charge in [0, 0.05) is 10.5 Å². The predicted octanol–water partition coefficient (Wildman–Crippen LogP) is 4.75. The monoisotopic (exact) mass is 438 g/mol. The van der Waals surface area contributed by atoms with E-state index in [4.69, 9.17) is 4.42 Å².